The average molecular weight is 388 g/mol. The van der Waals surface area contributed by atoms with E-state index in [4.69, 9.17) is 0 Å². The number of carbonyl (C=O) groups excluding carboxylic acids is 2. The minimum absolute atomic E-state index is 0.0981. The van der Waals surface area contributed by atoms with Crippen LogP contribution in [0.4, 0.5) is 10.5 Å². The highest BCUT2D eigenvalue weighted by molar-refractivity contribution is 9.10. The molecule has 1 unspecified atom stereocenters. The summed E-state index contributed by atoms with van der Waals surface area (Å²) in [6, 6.07) is 14.7. The summed E-state index contributed by atoms with van der Waals surface area (Å²) in [5.41, 5.74) is 2.39. The standard InChI is InChI=1S/C18H18BrN3O2/c1-12(14-3-2-4-15(19)11-14)21-17(23)13-5-7-16(8-6-13)22-10-9-20-18(22)24/h2-8,11-12H,9-10H2,1H3,(H,20,24)(H,21,23). The Morgan fingerprint density at radius 3 is 2.62 bits per heavy atom. The Hall–Kier alpha value is -2.34. The van der Waals surface area contributed by atoms with Gasteiger partial charge >= 0.3 is 6.03 Å². The van der Waals surface area contributed by atoms with Crippen LogP contribution < -0.4 is 15.5 Å². The van der Waals surface area contributed by atoms with Crippen molar-refractivity contribution in [3.8, 4) is 0 Å². The van der Waals surface area contributed by atoms with Gasteiger partial charge in [-0.1, -0.05) is 28.1 Å². The van der Waals surface area contributed by atoms with Gasteiger partial charge in [0.2, 0.25) is 0 Å². The summed E-state index contributed by atoms with van der Waals surface area (Å²) >= 11 is 3.44. The lowest BCUT2D eigenvalue weighted by molar-refractivity contribution is 0.0940. The number of amides is 3. The van der Waals surface area contributed by atoms with Gasteiger partial charge in [0.25, 0.3) is 5.91 Å². The van der Waals surface area contributed by atoms with Crippen LogP contribution in [0.15, 0.2) is 53.0 Å². The van der Waals surface area contributed by atoms with Gasteiger partial charge in [0, 0.05) is 28.8 Å². The van der Waals surface area contributed by atoms with E-state index in [2.05, 4.69) is 26.6 Å². The van der Waals surface area contributed by atoms with Gasteiger partial charge in [-0.2, -0.15) is 0 Å². The van der Waals surface area contributed by atoms with E-state index in [1.807, 2.05) is 31.2 Å². The fraction of sp³-hybridized carbons (Fsp3) is 0.222. The van der Waals surface area contributed by atoms with Crippen LogP contribution in [0, 0.1) is 0 Å². The number of halogens is 1. The summed E-state index contributed by atoms with van der Waals surface area (Å²) in [5, 5.41) is 5.74. The first kappa shape index (κ1) is 16.5. The van der Waals surface area contributed by atoms with Crippen molar-refractivity contribution in [2.45, 2.75) is 13.0 Å². The molecule has 0 bridgehead atoms. The molecule has 0 aliphatic carbocycles. The maximum absolute atomic E-state index is 12.4. The summed E-state index contributed by atoms with van der Waals surface area (Å²) in [5.74, 6) is -0.139. The van der Waals surface area contributed by atoms with E-state index in [9.17, 15) is 9.59 Å². The van der Waals surface area contributed by atoms with Gasteiger partial charge in [0.1, 0.15) is 0 Å². The van der Waals surface area contributed by atoms with E-state index in [1.54, 1.807) is 29.2 Å². The molecule has 0 radical (unpaired) electrons. The highest BCUT2D eigenvalue weighted by Crippen LogP contribution is 2.20. The van der Waals surface area contributed by atoms with Gasteiger partial charge in [-0.15, -0.1) is 0 Å². The summed E-state index contributed by atoms with van der Waals surface area (Å²) in [4.78, 5) is 25.7. The van der Waals surface area contributed by atoms with Gasteiger partial charge in [-0.3, -0.25) is 9.69 Å². The lowest BCUT2D eigenvalue weighted by Crippen LogP contribution is -2.28. The number of nitrogens with zero attached hydrogens (tertiary/aromatic N) is 1. The number of hydrogen-bond acceptors (Lipinski definition) is 2. The minimum Gasteiger partial charge on any atom is -0.346 e. The number of hydrogen-bond donors (Lipinski definition) is 2. The SMILES string of the molecule is CC(NC(=O)c1ccc(N2CCNC2=O)cc1)c1cccc(Br)c1. The first-order valence-corrected chi connectivity index (χ1v) is 8.55. The molecule has 1 fully saturated rings. The van der Waals surface area contributed by atoms with Crippen molar-refractivity contribution in [2.24, 2.45) is 0 Å². The first-order chi connectivity index (χ1) is 11.5. The Bertz CT molecular complexity index is 761. The zero-order valence-electron chi connectivity index (χ0n) is 13.3. The summed E-state index contributed by atoms with van der Waals surface area (Å²) < 4.78 is 0.981. The van der Waals surface area contributed by atoms with Gasteiger partial charge in [-0.25, -0.2) is 4.79 Å². The maximum atomic E-state index is 12.4. The molecule has 24 heavy (non-hydrogen) atoms. The number of anilines is 1. The molecular weight excluding hydrogens is 370 g/mol. The Morgan fingerprint density at radius 2 is 2.00 bits per heavy atom. The smallest absolute Gasteiger partial charge is 0.321 e. The Kier molecular flexibility index (Phi) is 4.85. The van der Waals surface area contributed by atoms with E-state index in [-0.39, 0.29) is 18.0 Å². The molecule has 1 heterocycles. The average Bonchev–Trinajstić information content (AvgIpc) is 3.01. The molecule has 6 heteroatoms. The maximum Gasteiger partial charge on any atom is 0.321 e. The largest absolute Gasteiger partial charge is 0.346 e. The van der Waals surface area contributed by atoms with Gasteiger partial charge in [0.05, 0.1) is 6.04 Å². The molecule has 1 atom stereocenters. The van der Waals surface area contributed by atoms with Crippen molar-refractivity contribution in [1.82, 2.24) is 10.6 Å². The van der Waals surface area contributed by atoms with E-state index in [1.165, 1.54) is 0 Å². The number of carbonyl (C=O) groups is 2. The van der Waals surface area contributed by atoms with Crippen molar-refractivity contribution in [3.05, 3.63) is 64.1 Å². The van der Waals surface area contributed by atoms with Crippen LogP contribution in [0.2, 0.25) is 0 Å². The Balaban J connectivity index is 1.68. The number of rotatable bonds is 4. The third-order valence-corrected chi connectivity index (χ3v) is 4.49. The van der Waals surface area contributed by atoms with Gasteiger partial charge in [-0.05, 0) is 48.9 Å². The van der Waals surface area contributed by atoms with Gasteiger partial charge < -0.3 is 10.6 Å². The Morgan fingerprint density at radius 1 is 1.25 bits per heavy atom. The van der Waals surface area contributed by atoms with Crippen LogP contribution in [0.5, 0.6) is 0 Å². The highest BCUT2D eigenvalue weighted by atomic mass is 79.9. The van der Waals surface area contributed by atoms with Crippen LogP contribution in [0.25, 0.3) is 0 Å². The zero-order chi connectivity index (χ0) is 17.1. The predicted molar refractivity (Wildman–Crippen MR) is 97.2 cm³/mol. The molecule has 0 aromatic heterocycles. The monoisotopic (exact) mass is 387 g/mol. The normalized spacial score (nSPS) is 15.1. The van der Waals surface area contributed by atoms with E-state index in [0.717, 1.165) is 15.7 Å². The molecule has 2 N–H and O–H groups in total. The minimum atomic E-state index is -0.139. The van der Waals surface area contributed by atoms with Crippen LogP contribution in [-0.4, -0.2) is 25.0 Å². The molecular formula is C18H18BrN3O2. The molecule has 0 saturated carbocycles. The first-order valence-electron chi connectivity index (χ1n) is 7.76. The third kappa shape index (κ3) is 3.59. The zero-order valence-corrected chi connectivity index (χ0v) is 14.8. The van der Waals surface area contributed by atoms with Crippen molar-refractivity contribution >= 4 is 33.6 Å². The molecule has 1 aliphatic rings. The topological polar surface area (TPSA) is 61.4 Å². The summed E-state index contributed by atoms with van der Waals surface area (Å²) in [6.45, 7) is 3.23. The molecule has 2 aromatic rings. The lowest BCUT2D eigenvalue weighted by atomic mass is 10.1. The van der Waals surface area contributed by atoms with Crippen LogP contribution in [0.3, 0.4) is 0 Å². The van der Waals surface area contributed by atoms with Crippen molar-refractivity contribution in [2.75, 3.05) is 18.0 Å². The molecule has 5 nitrogen and oxygen atoms in total. The second-order valence-electron chi connectivity index (χ2n) is 5.68. The van der Waals surface area contributed by atoms with E-state index >= 15 is 0 Å². The highest BCUT2D eigenvalue weighted by Gasteiger charge is 2.21. The summed E-state index contributed by atoms with van der Waals surface area (Å²) in [7, 11) is 0. The molecule has 3 rings (SSSR count). The number of urea groups is 1. The van der Waals surface area contributed by atoms with E-state index in [0.29, 0.717) is 18.7 Å². The van der Waals surface area contributed by atoms with E-state index < -0.39 is 0 Å². The summed E-state index contributed by atoms with van der Waals surface area (Å²) in [6.07, 6.45) is 0. The quantitative estimate of drug-likeness (QED) is 0.843. The van der Waals surface area contributed by atoms with Gasteiger partial charge in [0.15, 0.2) is 0 Å². The Labute approximate surface area is 149 Å². The fourth-order valence-electron chi connectivity index (χ4n) is 2.65. The molecule has 0 spiro atoms. The number of nitrogens with one attached hydrogen (secondary N) is 2. The van der Waals surface area contributed by atoms with Crippen molar-refractivity contribution in [3.63, 3.8) is 0 Å². The predicted octanol–water partition coefficient (Wildman–Crippen LogP) is 3.47. The second-order valence-corrected chi connectivity index (χ2v) is 6.60. The third-order valence-electron chi connectivity index (χ3n) is 3.99. The molecule has 3 amide bonds. The molecule has 1 aliphatic heterocycles. The lowest BCUT2D eigenvalue weighted by Gasteiger charge is -2.16. The van der Waals surface area contributed by atoms with Crippen molar-refractivity contribution < 1.29 is 9.59 Å². The molecule has 124 valence electrons. The second kappa shape index (κ2) is 7.05. The van der Waals surface area contributed by atoms with Crippen LogP contribution in [0.1, 0.15) is 28.9 Å². The number of benzene rings is 2. The van der Waals surface area contributed by atoms with Crippen LogP contribution >= 0.6 is 15.9 Å². The molecule has 1 saturated heterocycles. The molecule has 2 aromatic carbocycles. The van der Waals surface area contributed by atoms with Crippen molar-refractivity contribution in [1.29, 1.82) is 0 Å². The fourth-order valence-corrected chi connectivity index (χ4v) is 3.07. The van der Waals surface area contributed by atoms with Crippen LogP contribution in [-0.2, 0) is 0 Å².